The molecular weight excluding hydrogens is 260 g/mol. The average Bonchev–Trinajstić information content (AvgIpc) is 2.93. The van der Waals surface area contributed by atoms with Gasteiger partial charge >= 0.3 is 0 Å². The minimum absolute atomic E-state index is 0.0738. The van der Waals surface area contributed by atoms with E-state index >= 15 is 0 Å². The van der Waals surface area contributed by atoms with Crippen LogP contribution < -0.4 is 11.1 Å². The molecule has 2 heterocycles. The molecule has 1 aromatic rings. The quantitative estimate of drug-likeness (QED) is 0.863. The number of hydrogen-bond donors (Lipinski definition) is 2. The molecule has 4 nitrogen and oxygen atoms in total. The molecule has 0 saturated carbocycles. The van der Waals surface area contributed by atoms with Gasteiger partial charge in [0.1, 0.15) is 0 Å². The van der Waals surface area contributed by atoms with Crippen LogP contribution in [0.25, 0.3) is 0 Å². The number of thiophene rings is 1. The zero-order chi connectivity index (χ0) is 13.7. The zero-order valence-electron chi connectivity index (χ0n) is 11.4. The van der Waals surface area contributed by atoms with Gasteiger partial charge < -0.3 is 15.8 Å². The first-order chi connectivity index (χ1) is 9.20. The van der Waals surface area contributed by atoms with Crippen molar-refractivity contribution in [2.75, 3.05) is 19.8 Å². The monoisotopic (exact) mass is 282 g/mol. The highest BCUT2D eigenvalue weighted by molar-refractivity contribution is 7.11. The molecule has 0 bridgehead atoms. The minimum atomic E-state index is -0.427. The zero-order valence-corrected chi connectivity index (χ0v) is 12.2. The number of carbonyl (C=O) groups excluding carboxylic acids is 1. The van der Waals surface area contributed by atoms with Gasteiger partial charge in [-0.15, -0.1) is 11.3 Å². The third-order valence-electron chi connectivity index (χ3n) is 3.81. The van der Waals surface area contributed by atoms with Crippen molar-refractivity contribution < 1.29 is 9.53 Å². The summed E-state index contributed by atoms with van der Waals surface area (Å²) in [6.07, 6.45) is 2.49. The van der Waals surface area contributed by atoms with Crippen molar-refractivity contribution in [3.63, 3.8) is 0 Å². The Balaban J connectivity index is 1.92. The molecule has 0 aliphatic carbocycles. The second kappa shape index (κ2) is 6.50. The lowest BCUT2D eigenvalue weighted by Gasteiger charge is -2.34. The van der Waals surface area contributed by atoms with Gasteiger partial charge in [0.2, 0.25) is 5.91 Å². The summed E-state index contributed by atoms with van der Waals surface area (Å²) in [5.41, 5.74) is 5.39. The van der Waals surface area contributed by atoms with E-state index in [9.17, 15) is 4.79 Å². The summed E-state index contributed by atoms with van der Waals surface area (Å²) in [6, 6.07) is 4.21. The maximum absolute atomic E-state index is 12.4. The summed E-state index contributed by atoms with van der Waals surface area (Å²) in [6.45, 7) is 4.39. The van der Waals surface area contributed by atoms with Crippen LogP contribution in [0.5, 0.6) is 0 Å². The molecule has 3 N–H and O–H groups in total. The Labute approximate surface area is 118 Å². The maximum atomic E-state index is 12.4. The molecule has 1 aliphatic rings. The highest BCUT2D eigenvalue weighted by atomic mass is 32.1. The van der Waals surface area contributed by atoms with E-state index in [1.54, 1.807) is 11.3 Å². The van der Waals surface area contributed by atoms with E-state index in [1.165, 1.54) is 9.75 Å². The summed E-state index contributed by atoms with van der Waals surface area (Å²) < 4.78 is 5.32. The smallest absolute Gasteiger partial charge is 0.227 e. The molecule has 0 radical (unpaired) electrons. The number of ether oxygens (including phenoxy) is 1. The fourth-order valence-electron chi connectivity index (χ4n) is 2.35. The van der Waals surface area contributed by atoms with E-state index in [0.717, 1.165) is 19.3 Å². The summed E-state index contributed by atoms with van der Waals surface area (Å²) in [4.78, 5) is 14.9. The van der Waals surface area contributed by atoms with Crippen molar-refractivity contribution >= 4 is 17.2 Å². The second-order valence-electron chi connectivity index (χ2n) is 5.00. The van der Waals surface area contributed by atoms with E-state index in [-0.39, 0.29) is 5.91 Å². The third kappa shape index (κ3) is 3.35. The Morgan fingerprint density at radius 3 is 2.68 bits per heavy atom. The number of rotatable bonds is 5. The maximum Gasteiger partial charge on any atom is 0.227 e. The highest BCUT2D eigenvalue weighted by Gasteiger charge is 2.38. The highest BCUT2D eigenvalue weighted by Crippen LogP contribution is 2.29. The van der Waals surface area contributed by atoms with Crippen LogP contribution in [-0.4, -0.2) is 25.7 Å². The van der Waals surface area contributed by atoms with Crippen LogP contribution in [0.4, 0.5) is 0 Å². The lowest BCUT2D eigenvalue weighted by atomic mass is 9.79. The number of aryl methyl sites for hydroxylation is 1. The summed E-state index contributed by atoms with van der Waals surface area (Å²) in [5.74, 6) is 0.0738. The van der Waals surface area contributed by atoms with Gasteiger partial charge in [-0.2, -0.15) is 0 Å². The van der Waals surface area contributed by atoms with E-state index in [2.05, 4.69) is 24.4 Å². The van der Waals surface area contributed by atoms with Crippen molar-refractivity contribution in [2.45, 2.75) is 32.7 Å². The van der Waals surface area contributed by atoms with Gasteiger partial charge in [0.05, 0.1) is 12.0 Å². The topological polar surface area (TPSA) is 64.4 Å². The van der Waals surface area contributed by atoms with Crippen molar-refractivity contribution in [2.24, 2.45) is 11.1 Å². The molecular formula is C14H22N2O2S. The van der Waals surface area contributed by atoms with Gasteiger partial charge in [0.15, 0.2) is 0 Å². The third-order valence-corrected chi connectivity index (χ3v) is 5.04. The van der Waals surface area contributed by atoms with Gasteiger partial charge in [-0.1, -0.05) is 6.92 Å². The Morgan fingerprint density at radius 1 is 1.42 bits per heavy atom. The van der Waals surface area contributed by atoms with Crippen LogP contribution in [0.1, 0.15) is 29.5 Å². The van der Waals surface area contributed by atoms with Crippen LogP contribution in [0, 0.1) is 5.41 Å². The van der Waals surface area contributed by atoms with Crippen LogP contribution >= 0.6 is 11.3 Å². The van der Waals surface area contributed by atoms with Crippen molar-refractivity contribution in [3.8, 4) is 0 Å². The number of carbonyl (C=O) groups is 1. The van der Waals surface area contributed by atoms with Gasteiger partial charge in [-0.25, -0.2) is 0 Å². The average molecular weight is 282 g/mol. The standard InChI is InChI=1S/C14H22N2O2S/c1-2-11-3-4-12(19-11)9-16-13(17)14(10-15)5-7-18-8-6-14/h3-4H,2,5-10,15H2,1H3,(H,16,17). The normalized spacial score (nSPS) is 18.2. The number of nitrogens with two attached hydrogens (primary N) is 1. The van der Waals surface area contributed by atoms with E-state index in [0.29, 0.717) is 26.3 Å². The SMILES string of the molecule is CCc1ccc(CNC(=O)C2(CN)CCOCC2)s1. The Morgan fingerprint density at radius 2 is 2.11 bits per heavy atom. The fraction of sp³-hybridized carbons (Fsp3) is 0.643. The Kier molecular flexibility index (Phi) is 4.96. The first-order valence-corrected chi connectivity index (χ1v) is 7.65. The van der Waals surface area contributed by atoms with Crippen molar-refractivity contribution in [1.29, 1.82) is 0 Å². The van der Waals surface area contributed by atoms with E-state index < -0.39 is 5.41 Å². The number of amides is 1. The molecule has 19 heavy (non-hydrogen) atoms. The molecule has 0 aromatic carbocycles. The van der Waals surface area contributed by atoms with Crippen LogP contribution in [0.3, 0.4) is 0 Å². The molecule has 5 heteroatoms. The first-order valence-electron chi connectivity index (χ1n) is 6.84. The fourth-order valence-corrected chi connectivity index (χ4v) is 3.25. The number of nitrogens with one attached hydrogen (secondary N) is 1. The lowest BCUT2D eigenvalue weighted by Crippen LogP contribution is -2.48. The lowest BCUT2D eigenvalue weighted by molar-refractivity contribution is -0.136. The molecule has 1 aliphatic heterocycles. The molecule has 1 saturated heterocycles. The molecule has 1 fully saturated rings. The van der Waals surface area contributed by atoms with Gasteiger partial charge in [-0.05, 0) is 31.4 Å². The van der Waals surface area contributed by atoms with Gasteiger partial charge in [0.25, 0.3) is 0 Å². The van der Waals surface area contributed by atoms with Gasteiger partial charge in [-0.3, -0.25) is 4.79 Å². The first kappa shape index (κ1) is 14.5. The van der Waals surface area contributed by atoms with Crippen molar-refractivity contribution in [1.82, 2.24) is 5.32 Å². The van der Waals surface area contributed by atoms with Gasteiger partial charge in [0, 0.05) is 29.5 Å². The second-order valence-corrected chi connectivity index (χ2v) is 6.25. The molecule has 1 amide bonds. The summed E-state index contributed by atoms with van der Waals surface area (Å²) in [5, 5.41) is 3.03. The molecule has 106 valence electrons. The van der Waals surface area contributed by atoms with E-state index in [4.69, 9.17) is 10.5 Å². The molecule has 1 aromatic heterocycles. The molecule has 2 rings (SSSR count). The Hall–Kier alpha value is -0.910. The molecule has 0 atom stereocenters. The number of hydrogen-bond acceptors (Lipinski definition) is 4. The summed E-state index contributed by atoms with van der Waals surface area (Å²) >= 11 is 1.76. The predicted molar refractivity (Wildman–Crippen MR) is 77.1 cm³/mol. The Bertz CT molecular complexity index is 425. The van der Waals surface area contributed by atoms with Crippen LogP contribution in [0.15, 0.2) is 12.1 Å². The largest absolute Gasteiger partial charge is 0.381 e. The molecule has 0 spiro atoms. The van der Waals surface area contributed by atoms with Crippen molar-refractivity contribution in [3.05, 3.63) is 21.9 Å². The summed E-state index contributed by atoms with van der Waals surface area (Å²) in [7, 11) is 0. The van der Waals surface area contributed by atoms with Crippen LogP contribution in [-0.2, 0) is 22.5 Å². The predicted octanol–water partition coefficient (Wildman–Crippen LogP) is 1.68. The minimum Gasteiger partial charge on any atom is -0.381 e. The van der Waals surface area contributed by atoms with E-state index in [1.807, 2.05) is 0 Å². The van der Waals surface area contributed by atoms with Crippen LogP contribution in [0.2, 0.25) is 0 Å². The molecule has 0 unspecified atom stereocenters.